The normalized spacial score (nSPS) is 16.7. The predicted molar refractivity (Wildman–Crippen MR) is 111 cm³/mol. The maximum Gasteiger partial charge on any atom is 0.261 e. The molecule has 3 aromatic rings. The lowest BCUT2D eigenvalue weighted by Gasteiger charge is -2.35. The molecule has 5 rings (SSSR count). The molecule has 0 radical (unpaired) electrons. The number of fused-ring (bicyclic) bond motifs is 2. The van der Waals surface area contributed by atoms with E-state index in [-0.39, 0.29) is 11.5 Å². The van der Waals surface area contributed by atoms with Gasteiger partial charge in [-0.15, -0.1) is 0 Å². The summed E-state index contributed by atoms with van der Waals surface area (Å²) in [5.41, 5.74) is 1.23. The molecule has 29 heavy (non-hydrogen) atoms. The molecule has 0 saturated carbocycles. The molecular weight excluding hydrogens is 366 g/mol. The molecule has 0 spiro atoms. The summed E-state index contributed by atoms with van der Waals surface area (Å²) in [6.45, 7) is 3.53. The molecule has 148 valence electrons. The van der Waals surface area contributed by atoms with Crippen molar-refractivity contribution in [1.82, 2.24) is 19.4 Å². The highest BCUT2D eigenvalue weighted by Gasteiger charge is 2.23. The standard InChI is InChI=1S/C22H23N5O2/c28-21(26-13-11-25(12-14-26)19-5-1-3-9-23-19)16-7-8-17-18(15-16)24-20-6-2-4-10-27(20)22(17)29/h1,3,5,7-9,15H,2,4,6,10-14H2. The second-order valence-electron chi connectivity index (χ2n) is 7.64. The van der Waals surface area contributed by atoms with Crippen LogP contribution < -0.4 is 10.5 Å². The summed E-state index contributed by atoms with van der Waals surface area (Å²) in [5.74, 6) is 1.77. The molecule has 1 aromatic carbocycles. The third kappa shape index (κ3) is 3.26. The van der Waals surface area contributed by atoms with Gasteiger partial charge in [0, 0.05) is 50.9 Å². The van der Waals surface area contributed by atoms with Crippen LogP contribution in [0.1, 0.15) is 29.0 Å². The van der Waals surface area contributed by atoms with Gasteiger partial charge in [-0.2, -0.15) is 0 Å². The zero-order valence-electron chi connectivity index (χ0n) is 16.3. The lowest BCUT2D eigenvalue weighted by Crippen LogP contribution is -2.49. The van der Waals surface area contributed by atoms with Crippen molar-refractivity contribution in [2.75, 3.05) is 31.1 Å². The van der Waals surface area contributed by atoms with Crippen LogP contribution in [-0.4, -0.2) is 51.5 Å². The SMILES string of the molecule is O=C(c1ccc2c(=O)n3c(nc2c1)CCCC3)N1CCN(c2ccccn2)CC1. The van der Waals surface area contributed by atoms with Crippen molar-refractivity contribution in [3.63, 3.8) is 0 Å². The Morgan fingerprint density at radius 2 is 1.83 bits per heavy atom. The van der Waals surface area contributed by atoms with Gasteiger partial charge in [-0.25, -0.2) is 9.97 Å². The highest BCUT2D eigenvalue weighted by Crippen LogP contribution is 2.19. The number of aryl methyl sites for hydroxylation is 1. The van der Waals surface area contributed by atoms with E-state index in [0.717, 1.165) is 50.5 Å². The van der Waals surface area contributed by atoms with Gasteiger partial charge in [0.25, 0.3) is 11.5 Å². The van der Waals surface area contributed by atoms with Crippen molar-refractivity contribution in [3.8, 4) is 0 Å². The smallest absolute Gasteiger partial charge is 0.261 e. The van der Waals surface area contributed by atoms with Crippen LogP contribution in [0, 0.1) is 0 Å². The summed E-state index contributed by atoms with van der Waals surface area (Å²) in [4.78, 5) is 38.9. The Kier molecular flexibility index (Phi) is 4.50. The van der Waals surface area contributed by atoms with Gasteiger partial charge in [0.1, 0.15) is 11.6 Å². The summed E-state index contributed by atoms with van der Waals surface area (Å²) < 4.78 is 1.78. The molecule has 4 heterocycles. The average Bonchev–Trinajstić information content (AvgIpc) is 2.79. The fourth-order valence-corrected chi connectivity index (χ4v) is 4.24. The van der Waals surface area contributed by atoms with Crippen LogP contribution in [-0.2, 0) is 13.0 Å². The lowest BCUT2D eigenvalue weighted by atomic mass is 10.1. The number of rotatable bonds is 2. The number of carbonyl (C=O) groups excluding carboxylic acids is 1. The molecule has 1 amide bonds. The summed E-state index contributed by atoms with van der Waals surface area (Å²) >= 11 is 0. The van der Waals surface area contributed by atoms with E-state index < -0.39 is 0 Å². The largest absolute Gasteiger partial charge is 0.353 e. The third-order valence-corrected chi connectivity index (χ3v) is 5.85. The highest BCUT2D eigenvalue weighted by molar-refractivity contribution is 5.97. The first-order chi connectivity index (χ1) is 14.2. The quantitative estimate of drug-likeness (QED) is 0.671. The van der Waals surface area contributed by atoms with Gasteiger partial charge in [0.15, 0.2) is 0 Å². The summed E-state index contributed by atoms with van der Waals surface area (Å²) in [5, 5.41) is 0.590. The number of hydrogen-bond acceptors (Lipinski definition) is 5. The van der Waals surface area contributed by atoms with Gasteiger partial charge in [0.05, 0.1) is 10.9 Å². The molecular formula is C22H23N5O2. The molecule has 7 nitrogen and oxygen atoms in total. The molecule has 1 fully saturated rings. The Labute approximate surface area is 168 Å². The van der Waals surface area contributed by atoms with Gasteiger partial charge in [-0.05, 0) is 43.2 Å². The number of nitrogens with zero attached hydrogens (tertiary/aromatic N) is 5. The van der Waals surface area contributed by atoms with E-state index in [1.807, 2.05) is 23.1 Å². The summed E-state index contributed by atoms with van der Waals surface area (Å²) in [6, 6.07) is 11.2. The van der Waals surface area contributed by atoms with Crippen molar-refractivity contribution in [2.45, 2.75) is 25.8 Å². The number of amides is 1. The van der Waals surface area contributed by atoms with E-state index in [1.54, 1.807) is 29.0 Å². The number of piperazine rings is 1. The molecule has 2 aliphatic heterocycles. The summed E-state index contributed by atoms with van der Waals surface area (Å²) in [7, 11) is 0. The Morgan fingerprint density at radius 3 is 2.62 bits per heavy atom. The third-order valence-electron chi connectivity index (χ3n) is 5.85. The molecule has 0 atom stereocenters. The van der Waals surface area contributed by atoms with Crippen molar-refractivity contribution in [1.29, 1.82) is 0 Å². The van der Waals surface area contributed by atoms with Crippen molar-refractivity contribution < 1.29 is 4.79 Å². The van der Waals surface area contributed by atoms with Gasteiger partial charge >= 0.3 is 0 Å². The lowest BCUT2D eigenvalue weighted by molar-refractivity contribution is 0.0746. The number of aromatic nitrogens is 3. The topological polar surface area (TPSA) is 71.3 Å². The van der Waals surface area contributed by atoms with Crippen LogP contribution in [0.3, 0.4) is 0 Å². The van der Waals surface area contributed by atoms with E-state index in [2.05, 4.69) is 9.88 Å². The van der Waals surface area contributed by atoms with E-state index >= 15 is 0 Å². The number of hydrogen-bond donors (Lipinski definition) is 0. The van der Waals surface area contributed by atoms with Gasteiger partial charge in [-0.3, -0.25) is 14.2 Å². The molecule has 0 N–H and O–H groups in total. The zero-order chi connectivity index (χ0) is 19.8. The van der Waals surface area contributed by atoms with Gasteiger partial charge < -0.3 is 9.80 Å². The van der Waals surface area contributed by atoms with Crippen molar-refractivity contribution in [2.24, 2.45) is 0 Å². The Balaban J connectivity index is 1.37. The van der Waals surface area contributed by atoms with Crippen LogP contribution in [0.4, 0.5) is 5.82 Å². The predicted octanol–water partition coefficient (Wildman–Crippen LogP) is 2.09. The van der Waals surface area contributed by atoms with Crippen LogP contribution >= 0.6 is 0 Å². The molecule has 7 heteroatoms. The van der Waals surface area contributed by atoms with Gasteiger partial charge in [-0.1, -0.05) is 6.07 Å². The Hall–Kier alpha value is -3.22. The van der Waals surface area contributed by atoms with E-state index in [1.165, 1.54) is 0 Å². The van der Waals surface area contributed by atoms with Crippen molar-refractivity contribution in [3.05, 3.63) is 64.3 Å². The minimum atomic E-state index is -0.00723. The first kappa shape index (κ1) is 17.8. The fraction of sp³-hybridized carbons (Fsp3) is 0.364. The minimum Gasteiger partial charge on any atom is -0.353 e. The van der Waals surface area contributed by atoms with Crippen LogP contribution in [0.25, 0.3) is 10.9 Å². The molecule has 0 aliphatic carbocycles. The molecule has 2 aliphatic rings. The molecule has 2 aromatic heterocycles. The Bertz CT molecular complexity index is 1120. The molecule has 1 saturated heterocycles. The second kappa shape index (κ2) is 7.31. The minimum absolute atomic E-state index is 0.00711. The van der Waals surface area contributed by atoms with E-state index in [4.69, 9.17) is 4.98 Å². The molecule has 0 unspecified atom stereocenters. The van der Waals surface area contributed by atoms with E-state index in [0.29, 0.717) is 29.6 Å². The van der Waals surface area contributed by atoms with Crippen LogP contribution in [0.15, 0.2) is 47.4 Å². The van der Waals surface area contributed by atoms with Crippen LogP contribution in [0.2, 0.25) is 0 Å². The zero-order valence-corrected chi connectivity index (χ0v) is 16.3. The monoisotopic (exact) mass is 389 g/mol. The Morgan fingerprint density at radius 1 is 0.966 bits per heavy atom. The van der Waals surface area contributed by atoms with E-state index in [9.17, 15) is 9.59 Å². The van der Waals surface area contributed by atoms with Crippen molar-refractivity contribution >= 4 is 22.6 Å². The number of anilines is 1. The van der Waals surface area contributed by atoms with Crippen LogP contribution in [0.5, 0.6) is 0 Å². The highest BCUT2D eigenvalue weighted by atomic mass is 16.2. The number of benzene rings is 1. The maximum absolute atomic E-state index is 13.0. The summed E-state index contributed by atoms with van der Waals surface area (Å²) in [6.07, 6.45) is 4.67. The number of carbonyl (C=O) groups is 1. The fourth-order valence-electron chi connectivity index (χ4n) is 4.24. The molecule has 0 bridgehead atoms. The maximum atomic E-state index is 13.0. The average molecular weight is 389 g/mol. The second-order valence-corrected chi connectivity index (χ2v) is 7.64. The first-order valence-electron chi connectivity index (χ1n) is 10.2. The number of pyridine rings is 1. The van der Waals surface area contributed by atoms with Gasteiger partial charge in [0.2, 0.25) is 0 Å². The first-order valence-corrected chi connectivity index (χ1v) is 10.2.